The third-order valence-electron chi connectivity index (χ3n) is 4.49. The number of anilines is 1. The van der Waals surface area contributed by atoms with E-state index in [1.165, 1.54) is 12.1 Å². The average molecular weight is 376 g/mol. The molecule has 2 heterocycles. The summed E-state index contributed by atoms with van der Waals surface area (Å²) in [6.45, 7) is 0. The standard InChI is InChI=1S/C19H12N4O5/c20-17-16-13(18(25)21-19(16)26)9-15(24)22(17)14-4-2-1-3-12(14)10-5-7-11(8-6-10)23(27)28/h1-9H,20H2,(H,21,25,26). The number of hydrogen-bond acceptors (Lipinski definition) is 6. The largest absolute Gasteiger partial charge is 0.384 e. The molecule has 0 saturated carbocycles. The van der Waals surface area contributed by atoms with Gasteiger partial charge in [-0.2, -0.15) is 0 Å². The number of benzene rings is 2. The highest BCUT2D eigenvalue weighted by Gasteiger charge is 2.32. The quantitative estimate of drug-likeness (QED) is 0.407. The van der Waals surface area contributed by atoms with Gasteiger partial charge >= 0.3 is 0 Å². The third-order valence-corrected chi connectivity index (χ3v) is 4.49. The Morgan fingerprint density at radius 2 is 1.61 bits per heavy atom. The van der Waals surface area contributed by atoms with Gasteiger partial charge in [-0.05, 0) is 23.8 Å². The molecule has 0 bridgehead atoms. The molecule has 0 fully saturated rings. The van der Waals surface area contributed by atoms with Crippen LogP contribution in [0.3, 0.4) is 0 Å². The number of carbonyl (C=O) groups is 2. The van der Waals surface area contributed by atoms with Crippen molar-refractivity contribution in [3.63, 3.8) is 0 Å². The van der Waals surface area contributed by atoms with Gasteiger partial charge in [0.2, 0.25) is 0 Å². The van der Waals surface area contributed by atoms with Gasteiger partial charge < -0.3 is 5.73 Å². The van der Waals surface area contributed by atoms with Crippen LogP contribution in [0.1, 0.15) is 20.7 Å². The number of amides is 2. The first kappa shape index (κ1) is 17.2. The van der Waals surface area contributed by atoms with Crippen molar-refractivity contribution in [2.75, 3.05) is 5.73 Å². The number of para-hydroxylation sites is 1. The molecule has 3 aromatic rings. The summed E-state index contributed by atoms with van der Waals surface area (Å²) in [4.78, 5) is 46.9. The lowest BCUT2D eigenvalue weighted by Crippen LogP contribution is -2.24. The van der Waals surface area contributed by atoms with Gasteiger partial charge in [-0.25, -0.2) is 0 Å². The molecule has 28 heavy (non-hydrogen) atoms. The SMILES string of the molecule is Nc1c2c(cc(=O)n1-c1ccccc1-c1ccc([N+](=O)[O-])cc1)C(=O)NC2=O. The third kappa shape index (κ3) is 2.53. The Balaban J connectivity index is 1.94. The fourth-order valence-electron chi connectivity index (χ4n) is 3.20. The summed E-state index contributed by atoms with van der Waals surface area (Å²) >= 11 is 0. The number of nitrogens with zero attached hydrogens (tertiary/aromatic N) is 2. The molecule has 2 aromatic carbocycles. The molecular formula is C19H12N4O5. The summed E-state index contributed by atoms with van der Waals surface area (Å²) in [7, 11) is 0. The number of nitro benzene ring substituents is 1. The predicted molar refractivity (Wildman–Crippen MR) is 100 cm³/mol. The Morgan fingerprint density at radius 1 is 0.929 bits per heavy atom. The number of fused-ring (bicyclic) bond motifs is 1. The summed E-state index contributed by atoms with van der Waals surface area (Å²) < 4.78 is 1.15. The first-order valence-corrected chi connectivity index (χ1v) is 8.14. The maximum Gasteiger partial charge on any atom is 0.269 e. The Morgan fingerprint density at radius 3 is 2.29 bits per heavy atom. The second-order valence-corrected chi connectivity index (χ2v) is 6.10. The van der Waals surface area contributed by atoms with E-state index in [2.05, 4.69) is 5.32 Å². The number of pyridine rings is 1. The Kier molecular flexibility index (Phi) is 3.78. The number of rotatable bonds is 3. The molecule has 9 nitrogen and oxygen atoms in total. The molecule has 0 aliphatic carbocycles. The van der Waals surface area contributed by atoms with Crippen molar-refractivity contribution in [3.05, 3.63) is 86.2 Å². The highest BCUT2D eigenvalue weighted by Crippen LogP contribution is 2.30. The second kappa shape index (κ2) is 6.16. The van der Waals surface area contributed by atoms with Crippen molar-refractivity contribution in [1.29, 1.82) is 0 Å². The van der Waals surface area contributed by atoms with Crippen molar-refractivity contribution < 1.29 is 14.5 Å². The monoisotopic (exact) mass is 376 g/mol. The number of non-ortho nitro benzene ring substituents is 1. The van der Waals surface area contributed by atoms with E-state index in [0.717, 1.165) is 10.6 Å². The van der Waals surface area contributed by atoms with Crippen LogP contribution in [0.5, 0.6) is 0 Å². The first-order chi connectivity index (χ1) is 13.4. The first-order valence-electron chi connectivity index (χ1n) is 8.14. The van der Waals surface area contributed by atoms with Crippen molar-refractivity contribution in [3.8, 4) is 16.8 Å². The Hall–Kier alpha value is -4.27. The Labute approximate surface area is 157 Å². The average Bonchev–Trinajstić information content (AvgIpc) is 2.96. The molecule has 2 amide bonds. The molecule has 0 saturated heterocycles. The van der Waals surface area contributed by atoms with Crippen LogP contribution >= 0.6 is 0 Å². The number of hydrogen-bond donors (Lipinski definition) is 2. The van der Waals surface area contributed by atoms with Crippen LogP contribution in [0.2, 0.25) is 0 Å². The molecular weight excluding hydrogens is 364 g/mol. The number of nitrogens with two attached hydrogens (primary N) is 1. The van der Waals surface area contributed by atoms with Gasteiger partial charge in [0.15, 0.2) is 0 Å². The maximum atomic E-state index is 12.7. The van der Waals surface area contributed by atoms with Crippen LogP contribution in [0.4, 0.5) is 11.5 Å². The van der Waals surface area contributed by atoms with Crippen molar-refractivity contribution in [1.82, 2.24) is 9.88 Å². The normalized spacial score (nSPS) is 12.6. The van der Waals surface area contributed by atoms with Crippen LogP contribution < -0.4 is 16.6 Å². The highest BCUT2D eigenvalue weighted by atomic mass is 16.6. The zero-order chi connectivity index (χ0) is 20.0. The molecule has 1 aliphatic rings. The summed E-state index contributed by atoms with van der Waals surface area (Å²) in [5, 5.41) is 13.0. The zero-order valence-corrected chi connectivity index (χ0v) is 14.2. The summed E-state index contributed by atoms with van der Waals surface area (Å²) in [6.07, 6.45) is 0. The van der Waals surface area contributed by atoms with Gasteiger partial charge in [0.05, 0.1) is 21.7 Å². The molecule has 0 radical (unpaired) electrons. The summed E-state index contributed by atoms with van der Waals surface area (Å²) in [5.74, 6) is -1.49. The molecule has 4 rings (SSSR count). The molecule has 1 aliphatic heterocycles. The van der Waals surface area contributed by atoms with Crippen molar-refractivity contribution >= 4 is 23.3 Å². The number of nitro groups is 1. The van der Waals surface area contributed by atoms with Crippen LogP contribution in [0, 0.1) is 10.1 Å². The molecule has 0 unspecified atom stereocenters. The Bertz CT molecular complexity index is 1230. The van der Waals surface area contributed by atoms with Crippen LogP contribution in [0.15, 0.2) is 59.4 Å². The van der Waals surface area contributed by atoms with E-state index in [0.29, 0.717) is 16.8 Å². The number of aromatic nitrogens is 1. The highest BCUT2D eigenvalue weighted by molar-refractivity contribution is 6.23. The van der Waals surface area contributed by atoms with Crippen LogP contribution in [-0.4, -0.2) is 21.3 Å². The van der Waals surface area contributed by atoms with E-state index < -0.39 is 22.3 Å². The van der Waals surface area contributed by atoms with Crippen LogP contribution in [0.25, 0.3) is 16.8 Å². The zero-order valence-electron chi connectivity index (χ0n) is 14.2. The topological polar surface area (TPSA) is 137 Å². The summed E-state index contributed by atoms with van der Waals surface area (Å²) in [6, 6.07) is 13.7. The fourth-order valence-corrected chi connectivity index (χ4v) is 3.20. The minimum Gasteiger partial charge on any atom is -0.384 e. The van der Waals surface area contributed by atoms with Gasteiger partial charge in [-0.15, -0.1) is 0 Å². The molecule has 3 N–H and O–H groups in total. The van der Waals surface area contributed by atoms with Gasteiger partial charge in [-0.3, -0.25) is 34.4 Å². The summed E-state index contributed by atoms with van der Waals surface area (Å²) in [5.41, 5.74) is 6.92. The lowest BCUT2D eigenvalue weighted by Gasteiger charge is -2.16. The number of carbonyl (C=O) groups excluding carboxylic acids is 2. The fraction of sp³-hybridized carbons (Fsp3) is 0. The van der Waals surface area contributed by atoms with E-state index in [1.54, 1.807) is 36.4 Å². The lowest BCUT2D eigenvalue weighted by atomic mass is 10.0. The smallest absolute Gasteiger partial charge is 0.269 e. The van der Waals surface area contributed by atoms with E-state index in [4.69, 9.17) is 5.73 Å². The number of imide groups is 1. The van der Waals surface area contributed by atoms with Gasteiger partial charge in [-0.1, -0.05) is 18.2 Å². The van der Waals surface area contributed by atoms with Gasteiger partial charge in [0.25, 0.3) is 23.1 Å². The van der Waals surface area contributed by atoms with Crippen LogP contribution in [-0.2, 0) is 0 Å². The molecule has 9 heteroatoms. The van der Waals surface area contributed by atoms with E-state index >= 15 is 0 Å². The minimum absolute atomic E-state index is 0.0527. The second-order valence-electron chi connectivity index (χ2n) is 6.10. The van der Waals surface area contributed by atoms with Crippen molar-refractivity contribution in [2.24, 2.45) is 0 Å². The van der Waals surface area contributed by atoms with E-state index in [9.17, 15) is 24.5 Å². The van der Waals surface area contributed by atoms with E-state index in [-0.39, 0.29) is 22.6 Å². The minimum atomic E-state index is -0.668. The number of nitrogens with one attached hydrogen (secondary N) is 1. The van der Waals surface area contributed by atoms with Gasteiger partial charge in [0, 0.05) is 23.8 Å². The predicted octanol–water partition coefficient (Wildman–Crippen LogP) is 1.88. The lowest BCUT2D eigenvalue weighted by molar-refractivity contribution is -0.384. The molecule has 138 valence electrons. The number of nitrogen functional groups attached to an aromatic ring is 1. The molecule has 1 aromatic heterocycles. The van der Waals surface area contributed by atoms with Crippen molar-refractivity contribution in [2.45, 2.75) is 0 Å². The molecule has 0 atom stereocenters. The molecule has 0 spiro atoms. The van der Waals surface area contributed by atoms with E-state index in [1.807, 2.05) is 0 Å². The van der Waals surface area contributed by atoms with Gasteiger partial charge in [0.1, 0.15) is 5.82 Å². The maximum absolute atomic E-state index is 12.7.